The summed E-state index contributed by atoms with van der Waals surface area (Å²) in [6.07, 6.45) is 1.56. The summed E-state index contributed by atoms with van der Waals surface area (Å²) >= 11 is 6.00. The highest BCUT2D eigenvalue weighted by molar-refractivity contribution is 6.33. The van der Waals surface area contributed by atoms with E-state index in [1.807, 2.05) is 0 Å². The number of aliphatic hydroxyl groups is 1. The number of carbonyl (C=O) groups is 1. The topological polar surface area (TPSA) is 40.5 Å². The minimum atomic E-state index is -0.783. The lowest BCUT2D eigenvalue weighted by molar-refractivity contribution is -0.0107. The maximum Gasteiger partial charge on any atom is 0.255 e. The number of benzene rings is 1. The van der Waals surface area contributed by atoms with Crippen LogP contribution in [0.2, 0.25) is 5.02 Å². The molecule has 1 atom stereocenters. The number of hydrogen-bond acceptors (Lipinski definition) is 2. The number of piperidine rings is 1. The summed E-state index contributed by atoms with van der Waals surface area (Å²) in [5, 5.41) is 10.4. The van der Waals surface area contributed by atoms with Gasteiger partial charge in [-0.2, -0.15) is 0 Å². The maximum absolute atomic E-state index is 12.2. The van der Waals surface area contributed by atoms with Crippen molar-refractivity contribution in [2.75, 3.05) is 13.1 Å². The molecule has 0 aromatic heterocycles. The normalized spacial score (nSPS) is 24.8. The van der Waals surface area contributed by atoms with Gasteiger partial charge in [-0.3, -0.25) is 4.79 Å². The van der Waals surface area contributed by atoms with Crippen molar-refractivity contribution in [3.05, 3.63) is 34.9 Å². The third-order valence-electron chi connectivity index (χ3n) is 3.07. The van der Waals surface area contributed by atoms with Crippen LogP contribution < -0.4 is 0 Å². The van der Waals surface area contributed by atoms with E-state index in [0.717, 1.165) is 12.8 Å². The van der Waals surface area contributed by atoms with Crippen LogP contribution in [0.1, 0.15) is 30.1 Å². The number of hydrogen-bond donors (Lipinski definition) is 1. The van der Waals surface area contributed by atoms with Crippen molar-refractivity contribution >= 4 is 17.5 Å². The molecule has 1 saturated heterocycles. The first-order valence-corrected chi connectivity index (χ1v) is 6.14. The van der Waals surface area contributed by atoms with Crippen LogP contribution in [-0.4, -0.2) is 34.6 Å². The van der Waals surface area contributed by atoms with E-state index < -0.39 is 5.60 Å². The molecule has 2 rings (SSSR count). The van der Waals surface area contributed by atoms with E-state index in [1.165, 1.54) is 0 Å². The first-order valence-electron chi connectivity index (χ1n) is 5.76. The summed E-state index contributed by atoms with van der Waals surface area (Å²) in [5.41, 5.74) is -0.276. The lowest BCUT2D eigenvalue weighted by Gasteiger charge is -2.37. The van der Waals surface area contributed by atoms with Crippen molar-refractivity contribution in [2.45, 2.75) is 25.4 Å². The average Bonchev–Trinajstić information content (AvgIpc) is 2.27. The van der Waals surface area contributed by atoms with E-state index in [4.69, 9.17) is 11.6 Å². The molecule has 1 aromatic rings. The molecule has 1 fully saturated rings. The van der Waals surface area contributed by atoms with Crippen LogP contribution in [0.25, 0.3) is 0 Å². The van der Waals surface area contributed by atoms with Gasteiger partial charge in [-0.15, -0.1) is 0 Å². The zero-order valence-electron chi connectivity index (χ0n) is 9.82. The third-order valence-corrected chi connectivity index (χ3v) is 3.40. The fourth-order valence-electron chi connectivity index (χ4n) is 2.20. The molecule has 1 heterocycles. The summed E-state index contributed by atoms with van der Waals surface area (Å²) in [5.74, 6) is -0.101. The van der Waals surface area contributed by atoms with Gasteiger partial charge >= 0.3 is 0 Å². The first-order chi connectivity index (χ1) is 7.99. The summed E-state index contributed by atoms with van der Waals surface area (Å²) in [6.45, 7) is 2.82. The van der Waals surface area contributed by atoms with Gasteiger partial charge in [0.25, 0.3) is 5.91 Å². The quantitative estimate of drug-likeness (QED) is 0.835. The Bertz CT molecular complexity index is 431. The average molecular weight is 254 g/mol. The molecule has 1 aliphatic rings. The summed E-state index contributed by atoms with van der Waals surface area (Å²) in [7, 11) is 0. The van der Waals surface area contributed by atoms with Crippen molar-refractivity contribution in [3.8, 4) is 0 Å². The summed E-state index contributed by atoms with van der Waals surface area (Å²) < 4.78 is 0. The second-order valence-electron chi connectivity index (χ2n) is 4.81. The van der Waals surface area contributed by atoms with Crippen molar-refractivity contribution in [2.24, 2.45) is 0 Å². The molecule has 1 aliphatic heterocycles. The fourth-order valence-corrected chi connectivity index (χ4v) is 2.41. The highest BCUT2D eigenvalue weighted by atomic mass is 35.5. The van der Waals surface area contributed by atoms with Crippen molar-refractivity contribution in [1.82, 2.24) is 4.90 Å². The number of halogens is 1. The van der Waals surface area contributed by atoms with Crippen LogP contribution in [0.4, 0.5) is 0 Å². The molecular weight excluding hydrogens is 238 g/mol. The minimum Gasteiger partial charge on any atom is -0.388 e. The standard InChI is InChI=1S/C13H16ClNO2/c1-13(17)7-4-8-15(9-13)12(16)10-5-2-3-6-11(10)14/h2-3,5-6,17H,4,7-9H2,1H3. The van der Waals surface area contributed by atoms with E-state index >= 15 is 0 Å². The van der Waals surface area contributed by atoms with Crippen LogP contribution in [0, 0.1) is 0 Å². The van der Waals surface area contributed by atoms with Gasteiger partial charge in [-0.25, -0.2) is 0 Å². The number of β-amino-alcohol motifs (C(OH)–C–C–N with tert-alkyl or cyclic N) is 1. The van der Waals surface area contributed by atoms with Crippen molar-refractivity contribution in [3.63, 3.8) is 0 Å². The van der Waals surface area contributed by atoms with Crippen LogP contribution in [0.5, 0.6) is 0 Å². The van der Waals surface area contributed by atoms with Gasteiger partial charge in [0, 0.05) is 13.1 Å². The smallest absolute Gasteiger partial charge is 0.255 e. The fraction of sp³-hybridized carbons (Fsp3) is 0.462. The number of rotatable bonds is 1. The highest BCUT2D eigenvalue weighted by Crippen LogP contribution is 2.24. The Labute approximate surface area is 106 Å². The molecule has 3 nitrogen and oxygen atoms in total. The number of amides is 1. The molecule has 1 N–H and O–H groups in total. The molecule has 1 aromatic carbocycles. The molecular formula is C13H16ClNO2. The van der Waals surface area contributed by atoms with Gasteiger partial charge in [-0.1, -0.05) is 23.7 Å². The Hall–Kier alpha value is -1.06. The Morgan fingerprint density at radius 1 is 1.47 bits per heavy atom. The van der Waals surface area contributed by atoms with E-state index in [9.17, 15) is 9.90 Å². The molecule has 4 heteroatoms. The van der Waals surface area contributed by atoms with E-state index in [0.29, 0.717) is 23.7 Å². The molecule has 92 valence electrons. The van der Waals surface area contributed by atoms with E-state index in [2.05, 4.69) is 0 Å². The van der Waals surface area contributed by atoms with Crippen molar-refractivity contribution < 1.29 is 9.90 Å². The van der Waals surface area contributed by atoms with Gasteiger partial charge < -0.3 is 10.0 Å². The molecule has 0 aliphatic carbocycles. The van der Waals surface area contributed by atoms with Gasteiger partial charge in [0.15, 0.2) is 0 Å². The van der Waals surface area contributed by atoms with E-state index in [1.54, 1.807) is 36.1 Å². The predicted molar refractivity (Wildman–Crippen MR) is 67.2 cm³/mol. The number of carbonyl (C=O) groups excluding carboxylic acids is 1. The van der Waals surface area contributed by atoms with Crippen molar-refractivity contribution in [1.29, 1.82) is 0 Å². The molecule has 1 unspecified atom stereocenters. The summed E-state index contributed by atoms with van der Waals surface area (Å²) in [4.78, 5) is 13.9. The number of nitrogens with zero attached hydrogens (tertiary/aromatic N) is 1. The van der Waals surface area contributed by atoms with Gasteiger partial charge in [-0.05, 0) is 31.9 Å². The molecule has 0 spiro atoms. The molecule has 0 bridgehead atoms. The molecule has 0 radical (unpaired) electrons. The van der Waals surface area contributed by atoms with Crippen LogP contribution in [0.3, 0.4) is 0 Å². The predicted octanol–water partition coefficient (Wildman–Crippen LogP) is 2.33. The first kappa shape index (κ1) is 12.4. The Morgan fingerprint density at radius 3 is 2.82 bits per heavy atom. The second kappa shape index (κ2) is 4.67. The Balaban J connectivity index is 2.18. The van der Waals surface area contributed by atoms with Crippen LogP contribution >= 0.6 is 11.6 Å². The zero-order chi connectivity index (χ0) is 12.5. The van der Waals surface area contributed by atoms with E-state index in [-0.39, 0.29) is 5.91 Å². The van der Waals surface area contributed by atoms with Gasteiger partial charge in [0.1, 0.15) is 0 Å². The summed E-state index contributed by atoms with van der Waals surface area (Å²) in [6, 6.07) is 7.01. The highest BCUT2D eigenvalue weighted by Gasteiger charge is 2.31. The maximum atomic E-state index is 12.2. The van der Waals surface area contributed by atoms with Crippen LogP contribution in [0.15, 0.2) is 24.3 Å². The number of likely N-dealkylation sites (tertiary alicyclic amines) is 1. The molecule has 17 heavy (non-hydrogen) atoms. The monoisotopic (exact) mass is 253 g/mol. The third kappa shape index (κ3) is 2.79. The second-order valence-corrected chi connectivity index (χ2v) is 5.21. The molecule has 1 amide bonds. The lowest BCUT2D eigenvalue weighted by atomic mass is 9.94. The lowest BCUT2D eigenvalue weighted by Crippen LogP contribution is -2.48. The SMILES string of the molecule is CC1(O)CCCN(C(=O)c2ccccc2Cl)C1. The molecule has 0 saturated carbocycles. The van der Waals surface area contributed by atoms with Gasteiger partial charge in [0.2, 0.25) is 0 Å². The Kier molecular flexibility index (Phi) is 3.40. The minimum absolute atomic E-state index is 0.101. The Morgan fingerprint density at radius 2 is 2.18 bits per heavy atom. The van der Waals surface area contributed by atoms with Crippen LogP contribution in [-0.2, 0) is 0 Å². The largest absolute Gasteiger partial charge is 0.388 e. The zero-order valence-corrected chi connectivity index (χ0v) is 10.6. The van der Waals surface area contributed by atoms with Gasteiger partial charge in [0.05, 0.1) is 16.2 Å².